The normalized spacial score (nSPS) is 16.5. The molecule has 0 aliphatic carbocycles. The van der Waals surface area contributed by atoms with Gasteiger partial charge in [0.05, 0.1) is 38.5 Å². The van der Waals surface area contributed by atoms with Crippen LogP contribution in [0.15, 0.2) is 54.4 Å². The second-order valence-corrected chi connectivity index (χ2v) is 8.98. The van der Waals surface area contributed by atoms with Crippen LogP contribution >= 0.6 is 11.3 Å². The first-order valence-corrected chi connectivity index (χ1v) is 12.1. The predicted octanol–water partition coefficient (Wildman–Crippen LogP) is 2.76. The van der Waals surface area contributed by atoms with Crippen LogP contribution in [0.4, 0.5) is 0 Å². The number of thiophene rings is 1. The molecule has 1 aliphatic heterocycles. The number of ether oxygens (including phenoxy) is 3. The molecule has 0 spiro atoms. The van der Waals surface area contributed by atoms with Crippen molar-refractivity contribution in [2.45, 2.75) is 18.6 Å². The Kier molecular flexibility index (Phi) is 10.4. The fraction of sp³-hybridized carbons (Fsp3) is 0.480. The Morgan fingerprint density at radius 3 is 2.94 bits per heavy atom. The number of fused-ring (bicyclic) bond motifs is 1. The lowest BCUT2D eigenvalue weighted by Gasteiger charge is -2.37. The Balaban J connectivity index is 1.66. The van der Waals surface area contributed by atoms with Gasteiger partial charge in [-0.3, -0.25) is 9.69 Å². The molecule has 8 heteroatoms. The number of nitrogens with zero attached hydrogens (tertiary/aromatic N) is 2. The van der Waals surface area contributed by atoms with Gasteiger partial charge in [0, 0.05) is 31.6 Å². The van der Waals surface area contributed by atoms with E-state index in [2.05, 4.69) is 18.0 Å². The highest BCUT2D eigenvalue weighted by molar-refractivity contribution is 7.10. The molecule has 2 aromatic rings. The van der Waals surface area contributed by atoms with Crippen molar-refractivity contribution < 1.29 is 24.1 Å². The lowest BCUT2D eigenvalue weighted by Crippen LogP contribution is -2.48. The number of hydrogen-bond donors (Lipinski definition) is 1. The summed E-state index contributed by atoms with van der Waals surface area (Å²) in [7, 11) is 1.63. The van der Waals surface area contributed by atoms with E-state index in [1.165, 1.54) is 4.88 Å². The molecule has 1 amide bonds. The third-order valence-corrected chi connectivity index (χ3v) is 6.55. The van der Waals surface area contributed by atoms with E-state index in [9.17, 15) is 9.90 Å². The minimum absolute atomic E-state index is 0.0174. The number of rotatable bonds is 14. The molecule has 7 nitrogen and oxygen atoms in total. The Morgan fingerprint density at radius 2 is 2.18 bits per heavy atom. The first-order valence-electron chi connectivity index (χ1n) is 11.2. The summed E-state index contributed by atoms with van der Waals surface area (Å²) in [6, 6.07) is 11.6. The van der Waals surface area contributed by atoms with Gasteiger partial charge in [-0.25, -0.2) is 0 Å². The lowest BCUT2D eigenvalue weighted by molar-refractivity contribution is -0.136. The number of aliphatic hydroxyl groups excluding tert-OH is 1. The summed E-state index contributed by atoms with van der Waals surface area (Å²) in [5.41, 5.74) is 1.16. The van der Waals surface area contributed by atoms with Crippen LogP contribution in [-0.4, -0.2) is 86.6 Å². The highest BCUT2D eigenvalue weighted by Crippen LogP contribution is 2.34. The maximum absolute atomic E-state index is 13.4. The van der Waals surface area contributed by atoms with Gasteiger partial charge >= 0.3 is 0 Å². The average Bonchev–Trinajstić information content (AvgIpc) is 3.31. The van der Waals surface area contributed by atoms with E-state index in [1.807, 2.05) is 40.1 Å². The van der Waals surface area contributed by atoms with Crippen molar-refractivity contribution in [1.29, 1.82) is 0 Å². The summed E-state index contributed by atoms with van der Waals surface area (Å²) < 4.78 is 16.6. The van der Waals surface area contributed by atoms with E-state index in [0.717, 1.165) is 17.7 Å². The summed E-state index contributed by atoms with van der Waals surface area (Å²) in [5, 5.41) is 12.4. The number of hydrogen-bond acceptors (Lipinski definition) is 7. The SMILES string of the molecule is C=CCOCC(O)CN(CCOC)CC(=O)N1CCc2sccc2C1COc1ccccc1. The van der Waals surface area contributed by atoms with Crippen LogP contribution in [-0.2, 0) is 20.7 Å². The van der Waals surface area contributed by atoms with E-state index in [1.54, 1.807) is 24.5 Å². The number of benzene rings is 1. The van der Waals surface area contributed by atoms with Crippen molar-refractivity contribution in [2.75, 3.05) is 59.7 Å². The Labute approximate surface area is 200 Å². The van der Waals surface area contributed by atoms with Gasteiger partial charge in [-0.2, -0.15) is 0 Å². The van der Waals surface area contributed by atoms with Crippen molar-refractivity contribution in [3.63, 3.8) is 0 Å². The first kappa shape index (κ1) is 25.4. The molecule has 33 heavy (non-hydrogen) atoms. The zero-order valence-corrected chi connectivity index (χ0v) is 20.0. The molecule has 0 saturated heterocycles. The van der Waals surface area contributed by atoms with Crippen LogP contribution in [0.25, 0.3) is 0 Å². The van der Waals surface area contributed by atoms with Crippen LogP contribution < -0.4 is 4.74 Å². The first-order chi connectivity index (χ1) is 16.1. The highest BCUT2D eigenvalue weighted by Gasteiger charge is 2.33. The van der Waals surface area contributed by atoms with Gasteiger partial charge in [-0.05, 0) is 35.6 Å². The molecule has 1 N–H and O–H groups in total. The van der Waals surface area contributed by atoms with E-state index in [4.69, 9.17) is 14.2 Å². The predicted molar refractivity (Wildman–Crippen MR) is 130 cm³/mol. The number of carbonyl (C=O) groups excluding carboxylic acids is 1. The third kappa shape index (κ3) is 7.65. The molecule has 2 unspecified atom stereocenters. The maximum atomic E-state index is 13.4. The molecule has 1 aromatic heterocycles. The standard InChI is InChI=1S/C25H34N2O5S/c1-3-13-31-18-20(28)16-26(12-14-30-2)17-25(29)27-11-9-24-22(10-15-33-24)23(27)19-32-21-7-5-4-6-8-21/h3-8,10,15,20,23,28H,1,9,11-14,16-19H2,2H3. The number of aliphatic hydroxyl groups is 1. The van der Waals surface area contributed by atoms with Crippen molar-refractivity contribution in [1.82, 2.24) is 9.80 Å². The van der Waals surface area contributed by atoms with Crippen molar-refractivity contribution in [3.8, 4) is 5.75 Å². The van der Waals surface area contributed by atoms with Gasteiger partial charge in [0.15, 0.2) is 0 Å². The zero-order chi connectivity index (χ0) is 23.5. The van der Waals surface area contributed by atoms with Gasteiger partial charge < -0.3 is 24.2 Å². The molecule has 1 aliphatic rings. The second kappa shape index (κ2) is 13.5. The van der Waals surface area contributed by atoms with E-state index in [0.29, 0.717) is 39.5 Å². The average molecular weight is 475 g/mol. The summed E-state index contributed by atoms with van der Waals surface area (Å²) >= 11 is 1.73. The van der Waals surface area contributed by atoms with Crippen LogP contribution in [0.5, 0.6) is 5.75 Å². The van der Waals surface area contributed by atoms with Gasteiger partial charge in [0.25, 0.3) is 0 Å². The monoisotopic (exact) mass is 474 g/mol. The fourth-order valence-electron chi connectivity index (χ4n) is 3.94. The maximum Gasteiger partial charge on any atom is 0.237 e. The van der Waals surface area contributed by atoms with E-state index >= 15 is 0 Å². The molecule has 3 rings (SSSR count). The minimum atomic E-state index is -0.698. The molecule has 2 heterocycles. The molecule has 0 fully saturated rings. The highest BCUT2D eigenvalue weighted by atomic mass is 32.1. The van der Waals surface area contributed by atoms with Crippen LogP contribution in [0, 0.1) is 0 Å². The molecule has 0 saturated carbocycles. The molecular weight excluding hydrogens is 440 g/mol. The van der Waals surface area contributed by atoms with Gasteiger partial charge in [0.2, 0.25) is 5.91 Å². The molecular formula is C25H34N2O5S. The number of carbonyl (C=O) groups is 1. The Hall–Kier alpha value is -2.23. The summed E-state index contributed by atoms with van der Waals surface area (Å²) in [4.78, 5) is 18.6. The smallest absolute Gasteiger partial charge is 0.237 e. The topological polar surface area (TPSA) is 71.5 Å². The minimum Gasteiger partial charge on any atom is -0.491 e. The van der Waals surface area contributed by atoms with Crippen molar-refractivity contribution in [3.05, 3.63) is 64.9 Å². The molecule has 180 valence electrons. The summed E-state index contributed by atoms with van der Waals surface area (Å²) in [6.45, 7) is 6.78. The summed E-state index contributed by atoms with van der Waals surface area (Å²) in [5.74, 6) is 0.806. The van der Waals surface area contributed by atoms with Crippen molar-refractivity contribution >= 4 is 17.2 Å². The van der Waals surface area contributed by atoms with Crippen molar-refractivity contribution in [2.24, 2.45) is 0 Å². The van der Waals surface area contributed by atoms with E-state index < -0.39 is 6.10 Å². The quantitative estimate of drug-likeness (QED) is 0.335. The largest absolute Gasteiger partial charge is 0.491 e. The van der Waals surface area contributed by atoms with E-state index in [-0.39, 0.29) is 25.1 Å². The molecule has 0 bridgehead atoms. The van der Waals surface area contributed by atoms with Gasteiger partial charge in [-0.1, -0.05) is 24.3 Å². The molecule has 1 aromatic carbocycles. The Morgan fingerprint density at radius 1 is 1.36 bits per heavy atom. The van der Waals surface area contributed by atoms with Crippen LogP contribution in [0.1, 0.15) is 16.5 Å². The number of para-hydroxylation sites is 1. The number of amides is 1. The van der Waals surface area contributed by atoms with Gasteiger partial charge in [-0.15, -0.1) is 17.9 Å². The van der Waals surface area contributed by atoms with Crippen LogP contribution in [0.3, 0.4) is 0 Å². The Bertz CT molecular complexity index is 859. The molecule has 0 radical (unpaired) electrons. The number of methoxy groups -OCH3 is 1. The van der Waals surface area contributed by atoms with Crippen LogP contribution in [0.2, 0.25) is 0 Å². The molecule has 2 atom stereocenters. The lowest BCUT2D eigenvalue weighted by atomic mass is 10.0. The summed E-state index contributed by atoms with van der Waals surface area (Å²) in [6.07, 6.45) is 1.79. The zero-order valence-electron chi connectivity index (χ0n) is 19.2. The third-order valence-electron chi connectivity index (χ3n) is 5.55. The fourth-order valence-corrected chi connectivity index (χ4v) is 4.87. The van der Waals surface area contributed by atoms with Gasteiger partial charge in [0.1, 0.15) is 12.4 Å². The second-order valence-electron chi connectivity index (χ2n) is 7.98.